The molecule has 0 unspecified atom stereocenters. The molecular formula is C29H33F2N5O2. The molecule has 1 aliphatic carbocycles. The average Bonchev–Trinajstić information content (AvgIpc) is 2.90. The fourth-order valence-corrected chi connectivity index (χ4v) is 4.09. The molecule has 9 heteroatoms. The van der Waals surface area contributed by atoms with E-state index in [9.17, 15) is 8.78 Å². The van der Waals surface area contributed by atoms with E-state index in [1.54, 1.807) is 0 Å². The summed E-state index contributed by atoms with van der Waals surface area (Å²) in [5.74, 6) is -0.755. The molecule has 2 heterocycles. The topological polar surface area (TPSA) is 82.0 Å². The predicted molar refractivity (Wildman–Crippen MR) is 144 cm³/mol. The highest BCUT2D eigenvalue weighted by Crippen LogP contribution is 2.34. The summed E-state index contributed by atoms with van der Waals surface area (Å²) < 4.78 is 40.7. The van der Waals surface area contributed by atoms with Gasteiger partial charge in [0.2, 0.25) is 0 Å². The Morgan fingerprint density at radius 3 is 2.42 bits per heavy atom. The summed E-state index contributed by atoms with van der Waals surface area (Å²) in [7, 11) is 1.50. The first kappa shape index (κ1) is 27.2. The monoisotopic (exact) mass is 521 g/mol. The van der Waals surface area contributed by atoms with Crippen molar-refractivity contribution in [3.63, 3.8) is 0 Å². The van der Waals surface area contributed by atoms with Crippen LogP contribution in [0.2, 0.25) is 0 Å². The van der Waals surface area contributed by atoms with Gasteiger partial charge < -0.3 is 14.8 Å². The van der Waals surface area contributed by atoms with Crippen LogP contribution in [0.5, 0.6) is 5.75 Å². The molecule has 0 spiro atoms. The fourth-order valence-electron chi connectivity index (χ4n) is 4.09. The van der Waals surface area contributed by atoms with Crippen LogP contribution in [0, 0.1) is 13.8 Å². The van der Waals surface area contributed by atoms with Crippen molar-refractivity contribution in [1.29, 1.82) is 0 Å². The number of aromatic nitrogens is 4. The minimum Gasteiger partial charge on any atom is -0.497 e. The lowest BCUT2D eigenvalue weighted by Crippen LogP contribution is -2.19. The molecule has 38 heavy (non-hydrogen) atoms. The van der Waals surface area contributed by atoms with Crippen molar-refractivity contribution in [1.82, 2.24) is 19.9 Å². The van der Waals surface area contributed by atoms with Gasteiger partial charge in [-0.3, -0.25) is 0 Å². The molecular weight excluding hydrogens is 488 g/mol. The van der Waals surface area contributed by atoms with Crippen LogP contribution >= 0.6 is 0 Å². The molecule has 3 aromatic rings. The van der Waals surface area contributed by atoms with Crippen LogP contribution in [0.4, 0.5) is 14.6 Å². The van der Waals surface area contributed by atoms with E-state index in [0.717, 1.165) is 28.9 Å². The van der Waals surface area contributed by atoms with Crippen LogP contribution in [0.15, 0.2) is 65.4 Å². The first-order chi connectivity index (χ1) is 18.2. The van der Waals surface area contributed by atoms with Crippen LogP contribution in [-0.4, -0.2) is 39.5 Å². The minimum atomic E-state index is -2.98. The van der Waals surface area contributed by atoms with Crippen molar-refractivity contribution in [2.24, 2.45) is 0 Å². The SMILES string of the molecule is CCC(F)(F)C1=CC(OC)=C(C)CCC(Oc2ccc(CCNc3ncnc4nc(C)c(C)nc34)cc2)=C1. The quantitative estimate of drug-likeness (QED) is 0.338. The third kappa shape index (κ3) is 6.33. The second kappa shape index (κ2) is 11.7. The van der Waals surface area contributed by atoms with E-state index in [2.05, 4.69) is 25.3 Å². The maximum atomic E-state index is 14.7. The maximum absolute atomic E-state index is 14.7. The highest BCUT2D eigenvalue weighted by molar-refractivity contribution is 5.82. The number of alkyl halides is 2. The summed E-state index contributed by atoms with van der Waals surface area (Å²) >= 11 is 0. The van der Waals surface area contributed by atoms with Crippen molar-refractivity contribution in [3.8, 4) is 5.75 Å². The van der Waals surface area contributed by atoms with Crippen LogP contribution in [-0.2, 0) is 11.2 Å². The Balaban J connectivity index is 1.42. The Hall–Kier alpha value is -3.88. The fraction of sp³-hybridized carbons (Fsp3) is 0.379. The van der Waals surface area contributed by atoms with E-state index < -0.39 is 5.92 Å². The van der Waals surface area contributed by atoms with E-state index in [1.807, 2.05) is 45.0 Å². The zero-order chi connectivity index (χ0) is 27.3. The number of allylic oxidation sites excluding steroid dienone is 5. The Bertz CT molecular complexity index is 1400. The molecule has 0 atom stereocenters. The number of ether oxygens (including phenoxy) is 2. The number of rotatable bonds is 9. The van der Waals surface area contributed by atoms with Gasteiger partial charge in [-0.2, -0.15) is 0 Å². The van der Waals surface area contributed by atoms with Crippen molar-refractivity contribution < 1.29 is 18.3 Å². The van der Waals surface area contributed by atoms with Crippen molar-refractivity contribution in [2.45, 2.75) is 59.3 Å². The Morgan fingerprint density at radius 2 is 1.71 bits per heavy atom. The number of benzene rings is 1. The van der Waals surface area contributed by atoms with Gasteiger partial charge in [0, 0.05) is 25.0 Å². The van der Waals surface area contributed by atoms with E-state index in [-0.39, 0.29) is 12.0 Å². The van der Waals surface area contributed by atoms with Gasteiger partial charge in [0.25, 0.3) is 5.92 Å². The minimum absolute atomic E-state index is 0.110. The van der Waals surface area contributed by atoms with Crippen LogP contribution in [0.25, 0.3) is 11.2 Å². The molecule has 0 radical (unpaired) electrons. The largest absolute Gasteiger partial charge is 0.497 e. The molecule has 1 aliphatic rings. The van der Waals surface area contributed by atoms with Gasteiger partial charge >= 0.3 is 0 Å². The van der Waals surface area contributed by atoms with E-state index in [4.69, 9.17) is 9.47 Å². The Kier molecular flexibility index (Phi) is 8.34. The number of fused-ring (bicyclic) bond motifs is 1. The van der Waals surface area contributed by atoms with E-state index in [1.165, 1.54) is 32.5 Å². The highest BCUT2D eigenvalue weighted by atomic mass is 19.3. The lowest BCUT2D eigenvalue weighted by Gasteiger charge is -2.21. The first-order valence-corrected chi connectivity index (χ1v) is 12.7. The third-order valence-electron chi connectivity index (χ3n) is 6.61. The summed E-state index contributed by atoms with van der Waals surface area (Å²) in [6.07, 6.45) is 5.94. The molecule has 0 aliphatic heterocycles. The molecule has 1 aromatic carbocycles. The lowest BCUT2D eigenvalue weighted by molar-refractivity contribution is 0.0405. The lowest BCUT2D eigenvalue weighted by atomic mass is 9.98. The summed E-state index contributed by atoms with van der Waals surface area (Å²) in [6, 6.07) is 7.66. The smallest absolute Gasteiger partial charge is 0.273 e. The van der Waals surface area contributed by atoms with Crippen LogP contribution in [0.3, 0.4) is 0 Å². The molecule has 0 saturated carbocycles. The molecule has 2 aromatic heterocycles. The number of aryl methyl sites for hydroxylation is 2. The standard InChI is InChI=1S/C29H33F2N5O2/c1-6-29(30,31)22-15-24(10-7-18(2)25(16-22)37-5)38-23-11-8-21(9-12-23)13-14-32-27-26-28(34-17-33-27)36-20(4)19(3)35-26/h8-9,11-12,15-17H,6-7,10,13-14H2,1-5H3,(H,32,33,34,36). The molecule has 1 N–H and O–H groups in total. The average molecular weight is 522 g/mol. The van der Waals surface area contributed by atoms with Crippen LogP contribution < -0.4 is 10.1 Å². The molecule has 7 nitrogen and oxygen atoms in total. The number of hydrogen-bond donors (Lipinski definition) is 1. The zero-order valence-corrected chi connectivity index (χ0v) is 22.4. The van der Waals surface area contributed by atoms with Gasteiger partial charge in [-0.15, -0.1) is 0 Å². The van der Waals surface area contributed by atoms with Crippen molar-refractivity contribution >= 4 is 17.0 Å². The number of hydrogen-bond acceptors (Lipinski definition) is 7. The highest BCUT2D eigenvalue weighted by Gasteiger charge is 2.32. The second-order valence-electron chi connectivity index (χ2n) is 9.33. The molecule has 0 bridgehead atoms. The molecule has 0 saturated heterocycles. The van der Waals surface area contributed by atoms with Gasteiger partial charge in [0.15, 0.2) is 17.0 Å². The van der Waals surface area contributed by atoms with Gasteiger partial charge in [-0.1, -0.05) is 19.1 Å². The normalized spacial score (nSPS) is 14.5. The second-order valence-corrected chi connectivity index (χ2v) is 9.33. The van der Waals surface area contributed by atoms with Crippen LogP contribution in [0.1, 0.15) is 50.1 Å². The van der Waals surface area contributed by atoms with Gasteiger partial charge in [-0.05, 0) is 69.0 Å². The summed E-state index contributed by atoms with van der Waals surface area (Å²) in [5.41, 5.74) is 4.79. The van der Waals surface area contributed by atoms with Gasteiger partial charge in [-0.25, -0.2) is 28.7 Å². The number of halogens is 2. The third-order valence-corrected chi connectivity index (χ3v) is 6.61. The number of anilines is 1. The number of nitrogens with one attached hydrogen (secondary N) is 1. The number of methoxy groups -OCH3 is 1. The summed E-state index contributed by atoms with van der Waals surface area (Å²) in [6.45, 7) is 7.81. The molecule has 4 rings (SSSR count). The first-order valence-electron chi connectivity index (χ1n) is 12.7. The predicted octanol–water partition coefficient (Wildman–Crippen LogP) is 6.64. The Morgan fingerprint density at radius 1 is 0.974 bits per heavy atom. The van der Waals surface area contributed by atoms with E-state index >= 15 is 0 Å². The van der Waals surface area contributed by atoms with Crippen molar-refractivity contribution in [2.75, 3.05) is 19.0 Å². The summed E-state index contributed by atoms with van der Waals surface area (Å²) in [4.78, 5) is 17.6. The number of nitrogens with zero attached hydrogens (tertiary/aromatic N) is 4. The summed E-state index contributed by atoms with van der Waals surface area (Å²) in [5, 5.41) is 3.33. The van der Waals surface area contributed by atoms with E-state index in [0.29, 0.717) is 53.6 Å². The van der Waals surface area contributed by atoms with Gasteiger partial charge in [0.1, 0.15) is 23.6 Å². The van der Waals surface area contributed by atoms with Gasteiger partial charge in [0.05, 0.1) is 18.5 Å². The molecule has 200 valence electrons. The molecule has 0 fully saturated rings. The maximum Gasteiger partial charge on any atom is 0.273 e. The molecule has 0 amide bonds. The Labute approximate surface area is 221 Å². The zero-order valence-electron chi connectivity index (χ0n) is 22.4. The van der Waals surface area contributed by atoms with Crippen molar-refractivity contribution in [3.05, 3.63) is 82.4 Å².